The summed E-state index contributed by atoms with van der Waals surface area (Å²) in [5.74, 6) is 0.00585. The molecule has 0 saturated carbocycles. The molecule has 0 radical (unpaired) electrons. The van der Waals surface area contributed by atoms with E-state index in [1.165, 1.54) is 36.0 Å². The average Bonchev–Trinajstić information content (AvgIpc) is 3.30. The van der Waals surface area contributed by atoms with Crippen LogP contribution in [-0.2, 0) is 11.2 Å². The summed E-state index contributed by atoms with van der Waals surface area (Å²) in [5.41, 5.74) is 1.18. The van der Waals surface area contributed by atoms with Gasteiger partial charge in [0.2, 0.25) is 11.1 Å². The van der Waals surface area contributed by atoms with Crippen molar-refractivity contribution in [3.63, 3.8) is 0 Å². The second-order valence-electron chi connectivity index (χ2n) is 7.88. The Kier molecular flexibility index (Phi) is 8.74. The van der Waals surface area contributed by atoms with Crippen molar-refractivity contribution in [3.8, 4) is 0 Å². The number of non-ortho nitro benzene ring substituents is 1. The number of amides is 2. The molecule has 0 bridgehead atoms. The van der Waals surface area contributed by atoms with E-state index in [2.05, 4.69) is 25.8 Å². The molecule has 2 aromatic carbocycles. The molecule has 0 fully saturated rings. The van der Waals surface area contributed by atoms with Crippen LogP contribution in [0.2, 0.25) is 0 Å². The highest BCUT2D eigenvalue weighted by atomic mass is 32.2. The number of carbonyl (C=O) groups is 2. The van der Waals surface area contributed by atoms with Gasteiger partial charge in [0.15, 0.2) is 0 Å². The molecule has 3 N–H and O–H groups in total. The van der Waals surface area contributed by atoms with E-state index in [-0.39, 0.29) is 28.8 Å². The Morgan fingerprint density at radius 1 is 1.15 bits per heavy atom. The molecule has 0 saturated heterocycles. The summed E-state index contributed by atoms with van der Waals surface area (Å²) in [5, 5.41) is 24.1. The number of hydrogen-bond acceptors (Lipinski definition) is 7. The minimum absolute atomic E-state index is 0.0327. The van der Waals surface area contributed by atoms with Crippen LogP contribution in [-0.4, -0.2) is 44.2 Å². The van der Waals surface area contributed by atoms with Gasteiger partial charge in [-0.25, -0.2) is 4.98 Å². The topological polar surface area (TPSA) is 143 Å². The number of rotatable bonds is 11. The van der Waals surface area contributed by atoms with Gasteiger partial charge in [0.25, 0.3) is 11.6 Å². The zero-order chi connectivity index (χ0) is 24.5. The summed E-state index contributed by atoms with van der Waals surface area (Å²) in [6.45, 7) is 4.36. The van der Waals surface area contributed by atoms with Gasteiger partial charge in [0.05, 0.1) is 16.7 Å². The smallest absolute Gasteiger partial charge is 0.270 e. The quantitative estimate of drug-likeness (QED) is 0.216. The van der Waals surface area contributed by atoms with Gasteiger partial charge in [0, 0.05) is 24.2 Å². The van der Waals surface area contributed by atoms with Crippen molar-refractivity contribution in [1.82, 2.24) is 25.8 Å². The van der Waals surface area contributed by atoms with Crippen LogP contribution in [0, 0.1) is 16.0 Å². The maximum absolute atomic E-state index is 12.7. The van der Waals surface area contributed by atoms with Crippen molar-refractivity contribution in [2.75, 3.05) is 12.3 Å². The third kappa shape index (κ3) is 7.14. The van der Waals surface area contributed by atoms with Crippen LogP contribution in [0.3, 0.4) is 0 Å². The highest BCUT2D eigenvalue weighted by Crippen LogP contribution is 2.22. The number of aromatic amines is 1. The number of nitrogens with one attached hydrogen (secondary N) is 3. The molecule has 178 valence electrons. The largest absolute Gasteiger partial charge is 0.355 e. The lowest BCUT2D eigenvalue weighted by Gasteiger charge is -2.19. The lowest BCUT2D eigenvalue weighted by Crippen LogP contribution is -2.32. The van der Waals surface area contributed by atoms with E-state index in [0.29, 0.717) is 17.5 Å². The van der Waals surface area contributed by atoms with E-state index >= 15 is 0 Å². The van der Waals surface area contributed by atoms with Crippen LogP contribution < -0.4 is 10.6 Å². The van der Waals surface area contributed by atoms with E-state index in [4.69, 9.17) is 0 Å². The SMILES string of the molecule is CC(C)[C@H](NC(=O)c1cccc([N+](=O)[O-])c1)c1nc(SCC(=O)NCCc2ccccc2)n[nH]1. The summed E-state index contributed by atoms with van der Waals surface area (Å²) in [6, 6.07) is 14.9. The van der Waals surface area contributed by atoms with Crippen LogP contribution in [0.5, 0.6) is 0 Å². The molecule has 1 atom stereocenters. The molecule has 0 unspecified atom stereocenters. The highest BCUT2D eigenvalue weighted by molar-refractivity contribution is 7.99. The number of H-pyrrole nitrogens is 1. The predicted molar refractivity (Wildman–Crippen MR) is 128 cm³/mol. The maximum atomic E-state index is 12.7. The molecular formula is C23H26N6O4S. The van der Waals surface area contributed by atoms with Crippen LogP contribution in [0.4, 0.5) is 5.69 Å². The third-order valence-electron chi connectivity index (χ3n) is 4.96. The second-order valence-corrected chi connectivity index (χ2v) is 8.82. The van der Waals surface area contributed by atoms with E-state index in [1.54, 1.807) is 0 Å². The molecular weight excluding hydrogens is 456 g/mol. The van der Waals surface area contributed by atoms with Crippen molar-refractivity contribution in [3.05, 3.63) is 81.7 Å². The third-order valence-corrected chi connectivity index (χ3v) is 5.81. The molecule has 3 rings (SSSR count). The van der Waals surface area contributed by atoms with Crippen molar-refractivity contribution in [1.29, 1.82) is 0 Å². The van der Waals surface area contributed by atoms with E-state index in [0.717, 1.165) is 12.0 Å². The number of nitrogens with zero attached hydrogens (tertiary/aromatic N) is 3. The normalized spacial score (nSPS) is 11.7. The predicted octanol–water partition coefficient (Wildman–Crippen LogP) is 3.29. The van der Waals surface area contributed by atoms with Crippen molar-refractivity contribution < 1.29 is 14.5 Å². The first-order valence-electron chi connectivity index (χ1n) is 10.7. The molecule has 34 heavy (non-hydrogen) atoms. The van der Waals surface area contributed by atoms with Gasteiger partial charge in [0.1, 0.15) is 5.82 Å². The average molecular weight is 483 g/mol. The highest BCUT2D eigenvalue weighted by Gasteiger charge is 2.24. The summed E-state index contributed by atoms with van der Waals surface area (Å²) in [4.78, 5) is 39.7. The van der Waals surface area contributed by atoms with Crippen molar-refractivity contribution >= 4 is 29.3 Å². The zero-order valence-corrected chi connectivity index (χ0v) is 19.7. The lowest BCUT2D eigenvalue weighted by atomic mass is 10.0. The van der Waals surface area contributed by atoms with Gasteiger partial charge in [-0.05, 0) is 24.0 Å². The van der Waals surface area contributed by atoms with Crippen LogP contribution >= 0.6 is 11.8 Å². The van der Waals surface area contributed by atoms with Crippen molar-refractivity contribution in [2.45, 2.75) is 31.5 Å². The number of carbonyl (C=O) groups excluding carboxylic acids is 2. The first-order chi connectivity index (χ1) is 16.3. The van der Waals surface area contributed by atoms with Crippen LogP contribution in [0.25, 0.3) is 0 Å². The van der Waals surface area contributed by atoms with E-state index < -0.39 is 16.9 Å². The van der Waals surface area contributed by atoms with Gasteiger partial charge < -0.3 is 10.6 Å². The Morgan fingerprint density at radius 2 is 1.91 bits per heavy atom. The minimum atomic E-state index is -0.547. The van der Waals surface area contributed by atoms with Crippen molar-refractivity contribution in [2.24, 2.45) is 5.92 Å². The number of aromatic nitrogens is 3. The molecule has 0 aliphatic carbocycles. The second kappa shape index (κ2) is 11.9. The Labute approximate surface area is 201 Å². The van der Waals surface area contributed by atoms with Crippen LogP contribution in [0.1, 0.15) is 41.6 Å². The number of thioether (sulfide) groups is 1. The molecule has 10 nitrogen and oxygen atoms in total. The molecule has 0 spiro atoms. The fraction of sp³-hybridized carbons (Fsp3) is 0.304. The van der Waals surface area contributed by atoms with Gasteiger partial charge in [-0.2, -0.15) is 0 Å². The van der Waals surface area contributed by atoms with Gasteiger partial charge in [-0.3, -0.25) is 24.8 Å². The van der Waals surface area contributed by atoms with Gasteiger partial charge in [-0.1, -0.05) is 62.0 Å². The summed E-state index contributed by atoms with van der Waals surface area (Å²) in [7, 11) is 0. The van der Waals surface area contributed by atoms with Gasteiger partial charge in [-0.15, -0.1) is 5.10 Å². The molecule has 1 heterocycles. The van der Waals surface area contributed by atoms with Gasteiger partial charge >= 0.3 is 0 Å². The Hall–Kier alpha value is -3.73. The molecule has 0 aliphatic heterocycles. The number of nitro groups is 1. The first kappa shape index (κ1) is 24.9. The first-order valence-corrected chi connectivity index (χ1v) is 11.7. The minimum Gasteiger partial charge on any atom is -0.355 e. The fourth-order valence-electron chi connectivity index (χ4n) is 3.17. The molecule has 3 aromatic rings. The summed E-state index contributed by atoms with van der Waals surface area (Å²) < 4.78 is 0. The Bertz CT molecular complexity index is 1140. The molecule has 2 amide bonds. The summed E-state index contributed by atoms with van der Waals surface area (Å²) in [6.07, 6.45) is 0.752. The number of hydrogen-bond donors (Lipinski definition) is 3. The van der Waals surface area contributed by atoms with E-state index in [9.17, 15) is 19.7 Å². The molecule has 0 aliphatic rings. The maximum Gasteiger partial charge on any atom is 0.270 e. The molecule has 1 aromatic heterocycles. The molecule has 11 heteroatoms. The van der Waals surface area contributed by atoms with Crippen LogP contribution in [0.15, 0.2) is 59.8 Å². The van der Waals surface area contributed by atoms with E-state index in [1.807, 2.05) is 44.2 Å². The number of nitro benzene ring substituents is 1. The number of benzene rings is 2. The zero-order valence-electron chi connectivity index (χ0n) is 18.9. The standard InChI is InChI=1S/C23H26N6O4S/c1-15(2)20(25-22(31)17-9-6-10-18(13-17)29(32)33)21-26-23(28-27-21)34-14-19(30)24-12-11-16-7-4-3-5-8-16/h3-10,13,15,20H,11-12,14H2,1-2H3,(H,24,30)(H,25,31)(H,26,27,28)/t20-/m0/s1. The lowest BCUT2D eigenvalue weighted by molar-refractivity contribution is -0.384. The Balaban J connectivity index is 1.53. The fourth-order valence-corrected chi connectivity index (χ4v) is 3.81. The monoisotopic (exact) mass is 482 g/mol. The Morgan fingerprint density at radius 3 is 2.62 bits per heavy atom. The summed E-state index contributed by atoms with van der Waals surface area (Å²) >= 11 is 1.19.